The Balaban J connectivity index is 2.48. The lowest BCUT2D eigenvalue weighted by Crippen LogP contribution is -2.36. The number of rotatable bonds is 2. The summed E-state index contributed by atoms with van der Waals surface area (Å²) in [6.07, 6.45) is 2.92. The van der Waals surface area contributed by atoms with Crippen molar-refractivity contribution in [1.82, 2.24) is 9.90 Å². The van der Waals surface area contributed by atoms with Gasteiger partial charge in [-0.05, 0) is 29.9 Å². The van der Waals surface area contributed by atoms with Gasteiger partial charge in [-0.3, -0.25) is 0 Å². The van der Waals surface area contributed by atoms with Crippen molar-refractivity contribution in [3.05, 3.63) is 53.5 Å². The van der Waals surface area contributed by atoms with E-state index in [1.165, 1.54) is 11.0 Å². The first kappa shape index (κ1) is 9.45. The molecule has 0 aliphatic carbocycles. The van der Waals surface area contributed by atoms with E-state index in [-0.39, 0.29) is 0 Å². The Kier molecular flexibility index (Phi) is 2.25. The summed E-state index contributed by atoms with van der Waals surface area (Å²) in [5.41, 5.74) is 2.45. The standard InChI is InChI=1S/C11H11N3O/c1-3-10-8-13(15)14(12-10)11-6-4-9(2)5-7-11/h3-8H,1H2,2H3. The Morgan fingerprint density at radius 3 is 2.60 bits per heavy atom. The molecule has 2 aromatic rings. The molecular weight excluding hydrogens is 190 g/mol. The molecule has 15 heavy (non-hydrogen) atoms. The highest BCUT2D eigenvalue weighted by Gasteiger charge is 2.10. The van der Waals surface area contributed by atoms with Crippen molar-refractivity contribution in [3.63, 3.8) is 0 Å². The van der Waals surface area contributed by atoms with Crippen LogP contribution < -0.4 is 4.85 Å². The smallest absolute Gasteiger partial charge is 0.242 e. The normalized spacial score (nSPS) is 10.2. The molecule has 0 aliphatic rings. The van der Waals surface area contributed by atoms with Gasteiger partial charge in [0.25, 0.3) is 0 Å². The highest BCUT2D eigenvalue weighted by molar-refractivity contribution is 5.39. The van der Waals surface area contributed by atoms with Crippen molar-refractivity contribution in [1.29, 1.82) is 0 Å². The van der Waals surface area contributed by atoms with Crippen molar-refractivity contribution in [2.24, 2.45) is 0 Å². The van der Waals surface area contributed by atoms with E-state index in [1.54, 1.807) is 6.08 Å². The molecule has 0 amide bonds. The van der Waals surface area contributed by atoms with E-state index in [0.717, 1.165) is 11.3 Å². The van der Waals surface area contributed by atoms with E-state index in [1.807, 2.05) is 31.2 Å². The zero-order chi connectivity index (χ0) is 10.8. The van der Waals surface area contributed by atoms with Gasteiger partial charge in [0, 0.05) is 0 Å². The van der Waals surface area contributed by atoms with Crippen LogP contribution in [0, 0.1) is 12.1 Å². The molecule has 0 saturated heterocycles. The van der Waals surface area contributed by atoms with E-state index in [4.69, 9.17) is 0 Å². The molecule has 0 aliphatic heterocycles. The van der Waals surface area contributed by atoms with Crippen molar-refractivity contribution in [2.75, 3.05) is 0 Å². The van der Waals surface area contributed by atoms with Crippen LogP contribution in [0.1, 0.15) is 11.3 Å². The summed E-state index contributed by atoms with van der Waals surface area (Å²) < 4.78 is 0. The molecule has 0 fully saturated rings. The summed E-state index contributed by atoms with van der Waals surface area (Å²) in [6, 6.07) is 7.57. The van der Waals surface area contributed by atoms with Gasteiger partial charge in [-0.2, -0.15) is 4.85 Å². The second-order valence-electron chi connectivity index (χ2n) is 3.29. The third-order valence-electron chi connectivity index (χ3n) is 2.11. The van der Waals surface area contributed by atoms with Crippen LogP contribution in [0.15, 0.2) is 37.0 Å². The molecule has 4 heteroatoms. The van der Waals surface area contributed by atoms with Crippen molar-refractivity contribution in [2.45, 2.75) is 6.92 Å². The zero-order valence-electron chi connectivity index (χ0n) is 8.42. The van der Waals surface area contributed by atoms with Crippen molar-refractivity contribution in [3.8, 4) is 5.69 Å². The third kappa shape index (κ3) is 1.74. The zero-order valence-corrected chi connectivity index (χ0v) is 8.42. The molecule has 0 unspecified atom stereocenters. The molecule has 0 radical (unpaired) electrons. The average Bonchev–Trinajstić information content (AvgIpc) is 2.61. The fourth-order valence-corrected chi connectivity index (χ4v) is 1.29. The Morgan fingerprint density at radius 1 is 1.40 bits per heavy atom. The van der Waals surface area contributed by atoms with E-state index in [0.29, 0.717) is 10.5 Å². The van der Waals surface area contributed by atoms with Crippen LogP contribution in [-0.2, 0) is 0 Å². The van der Waals surface area contributed by atoms with Gasteiger partial charge >= 0.3 is 0 Å². The van der Waals surface area contributed by atoms with Crippen molar-refractivity contribution < 1.29 is 4.85 Å². The third-order valence-corrected chi connectivity index (χ3v) is 2.11. The lowest BCUT2D eigenvalue weighted by molar-refractivity contribution is -0.688. The van der Waals surface area contributed by atoms with Crippen LogP contribution in [-0.4, -0.2) is 9.90 Å². The number of aryl methyl sites for hydroxylation is 1. The first-order valence-corrected chi connectivity index (χ1v) is 4.59. The molecule has 0 saturated carbocycles. The largest absolute Gasteiger partial charge is 0.692 e. The molecule has 4 nitrogen and oxygen atoms in total. The number of hydrogen-bond donors (Lipinski definition) is 0. The maximum absolute atomic E-state index is 11.5. The Labute approximate surface area is 87.6 Å². The van der Waals surface area contributed by atoms with E-state index < -0.39 is 0 Å². The first-order chi connectivity index (χ1) is 7.20. The minimum atomic E-state index is 0.561. The van der Waals surface area contributed by atoms with Gasteiger partial charge in [0.2, 0.25) is 5.69 Å². The molecule has 0 spiro atoms. The molecule has 76 valence electrons. The summed E-state index contributed by atoms with van der Waals surface area (Å²) in [4.78, 5) is 1.97. The molecular formula is C11H11N3O. The second-order valence-corrected chi connectivity index (χ2v) is 3.29. The fourth-order valence-electron chi connectivity index (χ4n) is 1.29. The predicted molar refractivity (Wildman–Crippen MR) is 57.4 cm³/mol. The lowest BCUT2D eigenvalue weighted by Gasteiger charge is -2.02. The number of aromatic nitrogens is 3. The first-order valence-electron chi connectivity index (χ1n) is 4.59. The summed E-state index contributed by atoms with van der Waals surface area (Å²) in [5.74, 6) is 0. The number of nitrogens with zero attached hydrogens (tertiary/aromatic N) is 3. The molecule has 0 atom stereocenters. The monoisotopic (exact) mass is 201 g/mol. The molecule has 1 aromatic heterocycles. The Hall–Kier alpha value is -2.10. The van der Waals surface area contributed by atoms with Crippen LogP contribution in [0.5, 0.6) is 0 Å². The maximum atomic E-state index is 11.5. The van der Waals surface area contributed by atoms with Gasteiger partial charge < -0.3 is 5.21 Å². The van der Waals surface area contributed by atoms with Crippen LogP contribution in [0.4, 0.5) is 0 Å². The fraction of sp³-hybridized carbons (Fsp3) is 0.0909. The quantitative estimate of drug-likeness (QED) is 0.545. The SMILES string of the molecule is C=Cc1c[n+]([O-])n(-c2ccc(C)cc2)n1. The van der Waals surface area contributed by atoms with E-state index >= 15 is 0 Å². The highest BCUT2D eigenvalue weighted by atomic mass is 16.5. The van der Waals surface area contributed by atoms with E-state index in [2.05, 4.69) is 11.7 Å². The predicted octanol–water partition coefficient (Wildman–Crippen LogP) is 1.46. The van der Waals surface area contributed by atoms with Gasteiger partial charge in [-0.25, -0.2) is 0 Å². The number of hydrogen-bond acceptors (Lipinski definition) is 2. The highest BCUT2D eigenvalue weighted by Crippen LogP contribution is 2.06. The summed E-state index contributed by atoms with van der Waals surface area (Å²) in [7, 11) is 0. The summed E-state index contributed by atoms with van der Waals surface area (Å²) in [6.45, 7) is 5.56. The van der Waals surface area contributed by atoms with Crippen LogP contribution in [0.25, 0.3) is 11.8 Å². The minimum Gasteiger partial charge on any atom is -0.692 e. The summed E-state index contributed by atoms with van der Waals surface area (Å²) in [5, 5.41) is 15.5. The summed E-state index contributed by atoms with van der Waals surface area (Å²) >= 11 is 0. The molecule has 1 heterocycles. The van der Waals surface area contributed by atoms with Gasteiger partial charge in [0.15, 0.2) is 6.20 Å². The Morgan fingerprint density at radius 2 is 2.07 bits per heavy atom. The second kappa shape index (κ2) is 3.57. The van der Waals surface area contributed by atoms with Gasteiger partial charge in [0.1, 0.15) is 5.69 Å². The van der Waals surface area contributed by atoms with Gasteiger partial charge in [-0.15, -0.1) is 0 Å². The lowest BCUT2D eigenvalue weighted by atomic mass is 10.2. The number of benzene rings is 1. The van der Waals surface area contributed by atoms with Crippen LogP contribution >= 0.6 is 0 Å². The minimum absolute atomic E-state index is 0.561. The topological polar surface area (TPSA) is 44.8 Å². The van der Waals surface area contributed by atoms with Crippen LogP contribution in [0.2, 0.25) is 0 Å². The molecule has 1 aromatic carbocycles. The van der Waals surface area contributed by atoms with E-state index in [9.17, 15) is 5.21 Å². The Bertz CT molecular complexity index is 485. The molecule has 0 bridgehead atoms. The average molecular weight is 201 g/mol. The van der Waals surface area contributed by atoms with Gasteiger partial charge in [-0.1, -0.05) is 24.3 Å². The maximum Gasteiger partial charge on any atom is 0.242 e. The van der Waals surface area contributed by atoms with Crippen molar-refractivity contribution >= 4 is 6.08 Å². The van der Waals surface area contributed by atoms with Gasteiger partial charge in [0.05, 0.1) is 5.10 Å². The molecule has 2 rings (SSSR count). The van der Waals surface area contributed by atoms with Crippen LogP contribution in [0.3, 0.4) is 0 Å². The molecule has 0 N–H and O–H groups in total.